The van der Waals surface area contributed by atoms with Gasteiger partial charge in [0, 0.05) is 92.7 Å². The number of carbonyl (C=O) groups excluding carboxylic acids is 2. The van der Waals surface area contributed by atoms with E-state index in [4.69, 9.17) is 21.1 Å². The molecule has 15 nitrogen and oxygen atoms in total. The lowest BCUT2D eigenvalue weighted by atomic mass is 9.72. The van der Waals surface area contributed by atoms with Crippen molar-refractivity contribution >= 4 is 61.4 Å². The summed E-state index contributed by atoms with van der Waals surface area (Å²) in [5, 5.41) is 13.9. The summed E-state index contributed by atoms with van der Waals surface area (Å²) in [7, 11) is -4.66. The number of nitro benzene ring substituents is 1. The van der Waals surface area contributed by atoms with Gasteiger partial charge >= 0.3 is 0 Å². The van der Waals surface area contributed by atoms with Crippen LogP contribution in [0.1, 0.15) is 93.1 Å². The van der Waals surface area contributed by atoms with Crippen LogP contribution in [0, 0.1) is 21.4 Å². The molecule has 2 saturated heterocycles. The first-order valence-corrected chi connectivity index (χ1v) is 25.5. The van der Waals surface area contributed by atoms with Crippen LogP contribution in [0.25, 0.3) is 16.6 Å². The fraction of sp³-hybridized carbons (Fsp3) is 0.431. The van der Waals surface area contributed by atoms with Gasteiger partial charge in [-0.15, -0.1) is 0 Å². The normalized spacial score (nSPS) is 18.8. The molecule has 0 spiro atoms. The minimum absolute atomic E-state index is 0.0580. The van der Waals surface area contributed by atoms with Gasteiger partial charge in [-0.1, -0.05) is 43.2 Å². The Bertz CT molecular complexity index is 2850. The number of anilines is 1. The summed E-state index contributed by atoms with van der Waals surface area (Å²) in [6.07, 6.45) is 11.6. The standard InChI is InChI=1S/C51H58ClN7O8S/c1-51(2)17-15-37(44(30-51)35-9-11-38(52)12-10-35)32-56-21-23-57(24-22-56)39-13-14-42(47(27-39)67-40-26-36-16-18-53-49(36)54-31-40)50(61)55-68(64,65)41-28-45(59(62)63)43-25-34(33-66-46(43)29-41)7-6-8-48(60)58-19-4-3-5-20-58/h9-14,16,18,26-29,31,34H,3-8,15,17,19-25,30,32-33H2,1-2H3,(H,53,54)(H,55,61)/t34-/m1/s1. The minimum Gasteiger partial charge on any atom is -0.493 e. The average Bonchev–Trinajstić information content (AvgIpc) is 3.80. The second-order valence-electron chi connectivity index (χ2n) is 19.4. The number of ether oxygens (including phenoxy) is 2. The number of aromatic nitrogens is 2. The second kappa shape index (κ2) is 19.9. The number of nitrogens with zero attached hydrogens (tertiary/aromatic N) is 5. The third-order valence-electron chi connectivity index (χ3n) is 13.9. The quantitative estimate of drug-likeness (QED) is 0.0799. The molecule has 9 rings (SSSR count). The van der Waals surface area contributed by atoms with E-state index in [-0.39, 0.29) is 46.5 Å². The van der Waals surface area contributed by atoms with E-state index < -0.39 is 31.4 Å². The van der Waals surface area contributed by atoms with Crippen LogP contribution in [-0.2, 0) is 21.2 Å². The molecule has 0 radical (unpaired) electrons. The zero-order valence-electron chi connectivity index (χ0n) is 38.6. The van der Waals surface area contributed by atoms with Gasteiger partial charge in [-0.25, -0.2) is 18.1 Å². The van der Waals surface area contributed by atoms with Crippen molar-refractivity contribution in [3.63, 3.8) is 0 Å². The number of pyridine rings is 1. The van der Waals surface area contributed by atoms with Gasteiger partial charge in [-0.05, 0) is 117 Å². The van der Waals surface area contributed by atoms with Crippen LogP contribution in [0.15, 0.2) is 89.6 Å². The van der Waals surface area contributed by atoms with Gasteiger partial charge in [0.25, 0.3) is 21.6 Å². The number of hydrogen-bond acceptors (Lipinski definition) is 11. The molecule has 5 aromatic rings. The van der Waals surface area contributed by atoms with Crippen LogP contribution >= 0.6 is 11.6 Å². The van der Waals surface area contributed by atoms with E-state index in [1.807, 2.05) is 23.1 Å². The van der Waals surface area contributed by atoms with E-state index in [1.165, 1.54) is 35.0 Å². The lowest BCUT2D eigenvalue weighted by Gasteiger charge is -2.39. The number of aromatic amines is 1. The number of H-pyrrole nitrogens is 1. The molecule has 2 N–H and O–H groups in total. The van der Waals surface area contributed by atoms with E-state index in [0.717, 1.165) is 93.4 Å². The molecule has 17 heteroatoms. The fourth-order valence-corrected chi connectivity index (χ4v) is 11.2. The molecule has 1 atom stereocenters. The van der Waals surface area contributed by atoms with Gasteiger partial charge in [0.15, 0.2) is 0 Å². The first-order valence-electron chi connectivity index (χ1n) is 23.7. The molecule has 0 unspecified atom stereocenters. The van der Waals surface area contributed by atoms with Crippen LogP contribution in [0.3, 0.4) is 0 Å². The Morgan fingerprint density at radius 1 is 1.00 bits per heavy atom. The number of nitrogens with one attached hydrogen (secondary N) is 2. The molecule has 2 amide bonds. The number of likely N-dealkylation sites (tertiary alicyclic amines) is 1. The summed E-state index contributed by atoms with van der Waals surface area (Å²) in [5.41, 5.74) is 5.57. The fourth-order valence-electron chi connectivity index (χ4n) is 10.1. The van der Waals surface area contributed by atoms with Crippen molar-refractivity contribution in [1.82, 2.24) is 24.5 Å². The molecule has 3 aromatic carbocycles. The SMILES string of the molecule is CC1(C)CCC(CN2CCN(c3ccc(C(=O)NS(=O)(=O)c4cc5c(c([N+](=O)[O-])c4)C[C@@H](CCCC(=O)N4CCCCC4)CO5)c(Oc4cnc5[nH]ccc5c4)c3)CC2)=C(c2ccc(Cl)cc2)C1. The highest BCUT2D eigenvalue weighted by Crippen LogP contribution is 2.44. The first kappa shape index (κ1) is 47.1. The van der Waals surface area contributed by atoms with E-state index in [9.17, 15) is 28.1 Å². The number of nitro groups is 1. The Balaban J connectivity index is 0.907. The molecule has 5 heterocycles. The Morgan fingerprint density at radius 2 is 1.78 bits per heavy atom. The minimum atomic E-state index is -4.66. The summed E-state index contributed by atoms with van der Waals surface area (Å²) in [6, 6.07) is 19.0. The van der Waals surface area contributed by atoms with Crippen molar-refractivity contribution in [2.45, 2.75) is 83.0 Å². The van der Waals surface area contributed by atoms with Gasteiger partial charge in [0.05, 0.1) is 33.7 Å². The monoisotopic (exact) mass is 963 g/mol. The van der Waals surface area contributed by atoms with Crippen LogP contribution < -0.4 is 19.1 Å². The molecule has 68 heavy (non-hydrogen) atoms. The Hall–Kier alpha value is -5.97. The molecule has 4 aliphatic rings. The molecule has 2 aromatic heterocycles. The molecular formula is C51H58ClN7O8S. The average molecular weight is 965 g/mol. The van der Waals surface area contributed by atoms with Crippen LogP contribution in [0.4, 0.5) is 11.4 Å². The number of allylic oxidation sites excluding steroid dienone is 1. The van der Waals surface area contributed by atoms with E-state index in [1.54, 1.807) is 24.4 Å². The highest BCUT2D eigenvalue weighted by Gasteiger charge is 2.34. The Kier molecular flexibility index (Phi) is 13.8. The van der Waals surface area contributed by atoms with Crippen molar-refractivity contribution in [3.8, 4) is 17.2 Å². The van der Waals surface area contributed by atoms with Crippen LogP contribution in [0.5, 0.6) is 17.2 Å². The Morgan fingerprint density at radius 3 is 2.54 bits per heavy atom. The van der Waals surface area contributed by atoms with E-state index in [0.29, 0.717) is 50.2 Å². The number of piperazine rings is 1. The first-order chi connectivity index (χ1) is 32.7. The smallest absolute Gasteiger partial charge is 0.277 e. The highest BCUT2D eigenvalue weighted by molar-refractivity contribution is 7.90. The molecule has 0 bridgehead atoms. The van der Waals surface area contributed by atoms with Gasteiger partial charge in [0.1, 0.15) is 22.9 Å². The molecule has 1 aliphatic carbocycles. The highest BCUT2D eigenvalue weighted by atomic mass is 35.5. The maximum absolute atomic E-state index is 14.1. The molecular weight excluding hydrogens is 906 g/mol. The van der Waals surface area contributed by atoms with Gasteiger partial charge in [0.2, 0.25) is 5.91 Å². The maximum Gasteiger partial charge on any atom is 0.277 e. The van der Waals surface area contributed by atoms with Crippen molar-refractivity contribution < 1.29 is 32.4 Å². The summed E-state index contributed by atoms with van der Waals surface area (Å²) in [4.78, 5) is 52.2. The van der Waals surface area contributed by atoms with Crippen molar-refractivity contribution in [1.29, 1.82) is 0 Å². The van der Waals surface area contributed by atoms with Crippen LogP contribution in [-0.4, -0.2) is 97.3 Å². The number of amides is 2. The Labute approximate surface area is 402 Å². The number of rotatable bonds is 14. The molecule has 0 saturated carbocycles. The third-order valence-corrected chi connectivity index (χ3v) is 15.5. The second-order valence-corrected chi connectivity index (χ2v) is 21.5. The van der Waals surface area contributed by atoms with E-state index in [2.05, 4.69) is 50.5 Å². The van der Waals surface area contributed by atoms with E-state index >= 15 is 0 Å². The number of piperidine rings is 1. The number of fused-ring (bicyclic) bond motifs is 2. The number of benzene rings is 3. The summed E-state index contributed by atoms with van der Waals surface area (Å²) >= 11 is 6.25. The summed E-state index contributed by atoms with van der Waals surface area (Å²) in [5.74, 6) is -0.410. The molecule has 358 valence electrons. The van der Waals surface area contributed by atoms with Gasteiger partial charge in [-0.2, -0.15) is 0 Å². The van der Waals surface area contributed by atoms with Crippen molar-refractivity contribution in [2.24, 2.45) is 11.3 Å². The summed E-state index contributed by atoms with van der Waals surface area (Å²) < 4.78 is 42.4. The zero-order chi connectivity index (χ0) is 47.6. The molecule has 3 aliphatic heterocycles. The topological polar surface area (TPSA) is 180 Å². The third kappa shape index (κ3) is 10.8. The number of hydrogen-bond donors (Lipinski definition) is 2. The van der Waals surface area contributed by atoms with Gasteiger partial charge in [-0.3, -0.25) is 24.6 Å². The van der Waals surface area contributed by atoms with Crippen molar-refractivity contribution in [2.75, 3.05) is 57.3 Å². The number of sulfonamides is 1. The number of carbonyl (C=O) groups is 2. The predicted octanol–water partition coefficient (Wildman–Crippen LogP) is 9.56. The van der Waals surface area contributed by atoms with Gasteiger partial charge < -0.3 is 24.3 Å². The summed E-state index contributed by atoms with van der Waals surface area (Å²) in [6.45, 7) is 10.4. The van der Waals surface area contributed by atoms with Crippen LogP contribution in [0.2, 0.25) is 5.02 Å². The predicted molar refractivity (Wildman–Crippen MR) is 262 cm³/mol. The lowest BCUT2D eigenvalue weighted by molar-refractivity contribution is -0.386. The zero-order valence-corrected chi connectivity index (χ0v) is 40.2. The largest absolute Gasteiger partial charge is 0.493 e. The number of halogens is 1. The maximum atomic E-state index is 14.1. The lowest BCUT2D eigenvalue weighted by Crippen LogP contribution is -2.47. The molecule has 2 fully saturated rings. The van der Waals surface area contributed by atoms with Crippen molar-refractivity contribution in [3.05, 3.63) is 117 Å².